The molecule has 2 aromatic carbocycles. The molecular weight excluding hydrogens is 430 g/mol. The van der Waals surface area contributed by atoms with Gasteiger partial charge in [0, 0.05) is 23.1 Å². The molecule has 0 saturated heterocycles. The van der Waals surface area contributed by atoms with Crippen LogP contribution < -0.4 is 16.6 Å². The van der Waals surface area contributed by atoms with Crippen molar-refractivity contribution in [2.75, 3.05) is 5.32 Å². The van der Waals surface area contributed by atoms with Gasteiger partial charge in [0.2, 0.25) is 5.91 Å². The fourth-order valence-electron chi connectivity index (χ4n) is 3.35. The fraction of sp³-hybridized carbons (Fsp3) is 0.174. The first-order chi connectivity index (χ1) is 15.5. The van der Waals surface area contributed by atoms with Crippen molar-refractivity contribution in [3.05, 3.63) is 97.9 Å². The molecule has 1 amide bonds. The summed E-state index contributed by atoms with van der Waals surface area (Å²) in [5.74, 6) is -0.417. The summed E-state index contributed by atoms with van der Waals surface area (Å²) in [7, 11) is 0. The van der Waals surface area contributed by atoms with Gasteiger partial charge in [-0.15, -0.1) is 0 Å². The Morgan fingerprint density at radius 1 is 0.938 bits per heavy atom. The van der Waals surface area contributed by atoms with Crippen LogP contribution in [0.3, 0.4) is 0 Å². The van der Waals surface area contributed by atoms with Gasteiger partial charge in [-0.3, -0.25) is 18.7 Å². The Balaban J connectivity index is 1.71. The van der Waals surface area contributed by atoms with Crippen molar-refractivity contribution >= 4 is 34.4 Å². The Kier molecular flexibility index (Phi) is 6.13. The fourth-order valence-corrected chi connectivity index (χ4v) is 3.48. The average molecular weight is 450 g/mol. The molecule has 0 radical (unpaired) electrons. The van der Waals surface area contributed by atoms with Crippen molar-refractivity contribution in [3.8, 4) is 0 Å². The maximum Gasteiger partial charge on any atom is 0.333 e. The molecule has 2 aromatic heterocycles. The normalized spacial score (nSPS) is 10.9. The van der Waals surface area contributed by atoms with Crippen LogP contribution in [0.5, 0.6) is 0 Å². The number of amides is 1. The van der Waals surface area contributed by atoms with Gasteiger partial charge < -0.3 is 5.32 Å². The number of aryl methyl sites for hydroxylation is 1. The number of nitrogens with one attached hydrogen (secondary N) is 1. The molecule has 4 rings (SSSR count). The first kappa shape index (κ1) is 21.5. The van der Waals surface area contributed by atoms with Crippen LogP contribution in [0.25, 0.3) is 11.2 Å². The van der Waals surface area contributed by atoms with E-state index in [1.165, 1.54) is 12.4 Å². The van der Waals surface area contributed by atoms with E-state index in [0.717, 1.165) is 21.1 Å². The molecule has 0 atom stereocenters. The largest absolute Gasteiger partial charge is 0.333 e. The number of rotatable bonds is 6. The van der Waals surface area contributed by atoms with Gasteiger partial charge >= 0.3 is 5.69 Å². The average Bonchev–Trinajstić information content (AvgIpc) is 2.81. The maximum atomic E-state index is 13.2. The van der Waals surface area contributed by atoms with Crippen molar-refractivity contribution < 1.29 is 4.79 Å². The third kappa shape index (κ3) is 4.45. The molecule has 4 aromatic rings. The molecular formula is C23H20ClN5O3. The van der Waals surface area contributed by atoms with Crippen LogP contribution in [-0.4, -0.2) is 25.0 Å². The molecule has 0 aliphatic rings. The summed E-state index contributed by atoms with van der Waals surface area (Å²) < 4.78 is 2.21. The minimum absolute atomic E-state index is 0.0150. The second-order valence-electron chi connectivity index (χ2n) is 7.21. The number of benzene rings is 2. The Morgan fingerprint density at radius 2 is 1.59 bits per heavy atom. The summed E-state index contributed by atoms with van der Waals surface area (Å²) in [6.45, 7) is 1.75. The minimum Gasteiger partial charge on any atom is -0.325 e. The van der Waals surface area contributed by atoms with Gasteiger partial charge in [0.05, 0.1) is 6.54 Å². The quantitative estimate of drug-likeness (QED) is 0.488. The summed E-state index contributed by atoms with van der Waals surface area (Å²) in [5, 5.41) is 3.32. The van der Waals surface area contributed by atoms with Gasteiger partial charge in [-0.25, -0.2) is 14.8 Å². The lowest BCUT2D eigenvalue weighted by molar-refractivity contribution is -0.116. The molecule has 162 valence electrons. The summed E-state index contributed by atoms with van der Waals surface area (Å²) in [5.41, 5.74) is 1.34. The lowest BCUT2D eigenvalue weighted by atomic mass is 10.1. The maximum absolute atomic E-state index is 13.2. The first-order valence-corrected chi connectivity index (χ1v) is 10.4. The highest BCUT2D eigenvalue weighted by molar-refractivity contribution is 6.30. The van der Waals surface area contributed by atoms with Gasteiger partial charge in [-0.05, 0) is 41.8 Å². The Labute approximate surface area is 188 Å². The van der Waals surface area contributed by atoms with E-state index in [9.17, 15) is 14.4 Å². The molecule has 0 saturated carbocycles. The molecule has 8 nitrogen and oxygen atoms in total. The summed E-state index contributed by atoms with van der Waals surface area (Å²) in [6, 6.07) is 14.3. The topological polar surface area (TPSA) is 98.9 Å². The number of hydrogen-bond acceptors (Lipinski definition) is 5. The van der Waals surface area contributed by atoms with Crippen LogP contribution in [0.1, 0.15) is 18.1 Å². The van der Waals surface area contributed by atoms with Crippen LogP contribution in [0, 0.1) is 0 Å². The highest BCUT2D eigenvalue weighted by atomic mass is 35.5. The van der Waals surface area contributed by atoms with Crippen LogP contribution in [-0.2, 0) is 24.3 Å². The SMILES string of the molecule is CCc1ccc(NC(=O)Cn2c(=O)n(Cc3ccc(Cl)cc3)c(=O)c3nccnc32)cc1. The zero-order valence-corrected chi connectivity index (χ0v) is 18.0. The van der Waals surface area contributed by atoms with Crippen LogP contribution in [0.15, 0.2) is 70.5 Å². The number of aromatic nitrogens is 4. The molecule has 0 fully saturated rings. The summed E-state index contributed by atoms with van der Waals surface area (Å²) in [4.78, 5) is 47.1. The van der Waals surface area contributed by atoms with E-state index in [-0.39, 0.29) is 24.3 Å². The molecule has 9 heteroatoms. The van der Waals surface area contributed by atoms with Gasteiger partial charge in [-0.1, -0.05) is 42.8 Å². The van der Waals surface area contributed by atoms with E-state index in [1.54, 1.807) is 36.4 Å². The molecule has 0 spiro atoms. The Hall–Kier alpha value is -3.78. The number of carbonyl (C=O) groups is 1. The lowest BCUT2D eigenvalue weighted by Crippen LogP contribution is -2.42. The minimum atomic E-state index is -0.644. The van der Waals surface area contributed by atoms with Gasteiger partial charge in [0.25, 0.3) is 5.56 Å². The van der Waals surface area contributed by atoms with Crippen LogP contribution in [0.2, 0.25) is 5.02 Å². The van der Waals surface area contributed by atoms with Crippen molar-refractivity contribution in [3.63, 3.8) is 0 Å². The molecule has 0 aliphatic carbocycles. The van der Waals surface area contributed by atoms with E-state index >= 15 is 0 Å². The number of fused-ring (bicyclic) bond motifs is 1. The van der Waals surface area contributed by atoms with Crippen LogP contribution in [0.4, 0.5) is 5.69 Å². The number of carbonyl (C=O) groups excluding carboxylic acids is 1. The number of nitrogens with zero attached hydrogens (tertiary/aromatic N) is 4. The third-order valence-electron chi connectivity index (χ3n) is 5.05. The molecule has 0 aliphatic heterocycles. The molecule has 1 N–H and O–H groups in total. The predicted octanol–water partition coefficient (Wildman–Crippen LogP) is 2.86. The Morgan fingerprint density at radius 3 is 2.28 bits per heavy atom. The molecule has 0 unspecified atom stereocenters. The van der Waals surface area contributed by atoms with E-state index in [4.69, 9.17) is 11.6 Å². The molecule has 0 bridgehead atoms. The van der Waals surface area contributed by atoms with E-state index in [1.807, 2.05) is 19.1 Å². The van der Waals surface area contributed by atoms with E-state index in [2.05, 4.69) is 15.3 Å². The summed E-state index contributed by atoms with van der Waals surface area (Å²) >= 11 is 5.92. The molecule has 32 heavy (non-hydrogen) atoms. The number of halogens is 1. The third-order valence-corrected chi connectivity index (χ3v) is 5.30. The Bertz CT molecular complexity index is 1390. The molecule has 2 heterocycles. The highest BCUT2D eigenvalue weighted by Crippen LogP contribution is 2.12. The van der Waals surface area contributed by atoms with E-state index in [0.29, 0.717) is 16.3 Å². The number of anilines is 1. The second-order valence-corrected chi connectivity index (χ2v) is 7.65. The standard InChI is InChI=1S/C23H20ClN5O3/c1-2-15-5-9-18(10-6-15)27-19(30)14-28-21-20(25-11-12-26-21)22(31)29(23(28)32)13-16-3-7-17(24)8-4-16/h3-12H,2,13-14H2,1H3,(H,27,30). The number of hydrogen-bond donors (Lipinski definition) is 1. The zero-order valence-electron chi connectivity index (χ0n) is 17.3. The second kappa shape index (κ2) is 9.15. The smallest absolute Gasteiger partial charge is 0.325 e. The van der Waals surface area contributed by atoms with Crippen molar-refractivity contribution in [2.24, 2.45) is 0 Å². The highest BCUT2D eigenvalue weighted by Gasteiger charge is 2.17. The van der Waals surface area contributed by atoms with Crippen LogP contribution >= 0.6 is 11.6 Å². The monoisotopic (exact) mass is 449 g/mol. The van der Waals surface area contributed by atoms with Gasteiger partial charge in [0.1, 0.15) is 6.54 Å². The lowest BCUT2D eigenvalue weighted by Gasteiger charge is -2.13. The van der Waals surface area contributed by atoms with Crippen molar-refractivity contribution in [1.29, 1.82) is 0 Å². The first-order valence-electron chi connectivity index (χ1n) is 10.0. The van der Waals surface area contributed by atoms with E-state index < -0.39 is 17.2 Å². The predicted molar refractivity (Wildman–Crippen MR) is 123 cm³/mol. The van der Waals surface area contributed by atoms with Crippen molar-refractivity contribution in [1.82, 2.24) is 19.1 Å². The summed E-state index contributed by atoms with van der Waals surface area (Å²) in [6.07, 6.45) is 3.65. The van der Waals surface area contributed by atoms with Crippen molar-refractivity contribution in [2.45, 2.75) is 26.4 Å². The van der Waals surface area contributed by atoms with Gasteiger partial charge in [0.15, 0.2) is 11.2 Å². The van der Waals surface area contributed by atoms with Gasteiger partial charge in [-0.2, -0.15) is 0 Å². The zero-order chi connectivity index (χ0) is 22.7.